The topological polar surface area (TPSA) is 228 Å². The van der Waals surface area contributed by atoms with Crippen LogP contribution >= 0.6 is 0 Å². The van der Waals surface area contributed by atoms with E-state index in [2.05, 4.69) is 25.1 Å². The lowest BCUT2D eigenvalue weighted by molar-refractivity contribution is -0.152. The van der Waals surface area contributed by atoms with Crippen molar-refractivity contribution in [3.8, 4) is 34.3 Å². The molecule has 0 saturated carbocycles. The molecule has 6 atom stereocenters. The van der Waals surface area contributed by atoms with Crippen LogP contribution in [0, 0.1) is 10.8 Å². The number of ether oxygens (including phenoxy) is 5. The zero-order valence-corrected chi connectivity index (χ0v) is 46.1. The lowest BCUT2D eigenvalue weighted by Gasteiger charge is -2.34. The number of hydrogen-bond acceptors (Lipinski definition) is 15. The van der Waals surface area contributed by atoms with Gasteiger partial charge in [0.25, 0.3) is 0 Å². The highest BCUT2D eigenvalue weighted by Crippen LogP contribution is 2.36. The van der Waals surface area contributed by atoms with E-state index < -0.39 is 71.1 Å². The molecular formula is C61H70N8O10. The minimum atomic E-state index is -0.979. The molecule has 2 aliphatic rings. The maximum atomic E-state index is 14.0. The zero-order chi connectivity index (χ0) is 57.2. The minimum absolute atomic E-state index is 0.0685. The smallest absolute Gasteiger partial charge is 0.407 e. The van der Waals surface area contributed by atoms with Gasteiger partial charge in [0.05, 0.1) is 62.0 Å². The van der Waals surface area contributed by atoms with E-state index in [4.69, 9.17) is 49.4 Å². The first-order chi connectivity index (χ1) is 37.7. The van der Waals surface area contributed by atoms with E-state index in [0.29, 0.717) is 40.2 Å². The number of rotatable bonds is 16. The summed E-state index contributed by atoms with van der Waals surface area (Å²) in [6.45, 7) is 22.9. The Hall–Kier alpha value is -8.51. The molecule has 3 N–H and O–H groups in total. The molecule has 18 heteroatoms. The monoisotopic (exact) mass is 1070 g/mol. The molecule has 79 heavy (non-hydrogen) atoms. The summed E-state index contributed by atoms with van der Waals surface area (Å²) in [6, 6.07) is 27.0. The zero-order valence-electron chi connectivity index (χ0n) is 46.1. The largest absolute Gasteiger partial charge is 0.471 e. The van der Waals surface area contributed by atoms with E-state index in [9.17, 15) is 24.0 Å². The lowest BCUT2D eigenvalue weighted by atomic mass is 9.85. The van der Waals surface area contributed by atoms with Gasteiger partial charge in [-0.15, -0.1) is 6.58 Å². The van der Waals surface area contributed by atoms with Crippen molar-refractivity contribution in [2.24, 2.45) is 16.6 Å². The molecule has 4 aromatic carbocycles. The van der Waals surface area contributed by atoms with Crippen LogP contribution in [-0.4, -0.2) is 130 Å². The van der Waals surface area contributed by atoms with E-state index in [1.807, 2.05) is 139 Å². The second-order valence-electron chi connectivity index (χ2n) is 21.4. The van der Waals surface area contributed by atoms with Crippen molar-refractivity contribution in [3.05, 3.63) is 134 Å². The first-order valence-electron chi connectivity index (χ1n) is 26.1. The van der Waals surface area contributed by atoms with Crippen LogP contribution in [0.5, 0.6) is 11.8 Å². The summed E-state index contributed by atoms with van der Waals surface area (Å²) < 4.78 is 28.0. The fraction of sp³-hybridized carbons (Fsp3) is 0.361. The molecule has 0 aliphatic carbocycles. The molecule has 0 unspecified atom stereocenters. The Morgan fingerprint density at radius 2 is 1.06 bits per heavy atom. The van der Waals surface area contributed by atoms with Crippen LogP contribution in [0.2, 0.25) is 0 Å². The number of esters is 2. The van der Waals surface area contributed by atoms with Crippen LogP contribution in [0.25, 0.3) is 56.7 Å². The number of alkyl carbamates (subject to hydrolysis) is 1. The molecule has 0 bridgehead atoms. The Bertz CT molecular complexity index is 3240. The summed E-state index contributed by atoms with van der Waals surface area (Å²) in [5.74, 6) is -1.23. The molecule has 6 aromatic rings. The van der Waals surface area contributed by atoms with Gasteiger partial charge in [0.1, 0.15) is 41.7 Å². The Morgan fingerprint density at radius 3 is 1.46 bits per heavy atom. The molecule has 18 nitrogen and oxygen atoms in total. The quantitative estimate of drug-likeness (QED) is 0.0399. The molecule has 2 fully saturated rings. The minimum Gasteiger partial charge on any atom is -0.471 e. The number of aromatic nitrogens is 4. The maximum Gasteiger partial charge on any atom is 0.407 e. The number of likely N-dealkylation sites (tertiary alicyclic amines) is 2. The molecule has 3 amide bonds. The number of nitrogens with zero attached hydrogens (tertiary/aromatic N) is 6. The van der Waals surface area contributed by atoms with Crippen LogP contribution in [0.4, 0.5) is 4.79 Å². The van der Waals surface area contributed by atoms with Gasteiger partial charge in [0, 0.05) is 24.0 Å². The molecule has 2 aromatic heterocycles. The van der Waals surface area contributed by atoms with E-state index >= 15 is 0 Å². The van der Waals surface area contributed by atoms with Crippen LogP contribution < -0.4 is 20.5 Å². The van der Waals surface area contributed by atoms with Crippen LogP contribution in [-0.2, 0) is 33.4 Å². The summed E-state index contributed by atoms with van der Waals surface area (Å²) in [5.41, 5.74) is 12.4. The van der Waals surface area contributed by atoms with Gasteiger partial charge in [-0.3, -0.25) is 9.59 Å². The first kappa shape index (κ1) is 58.2. The van der Waals surface area contributed by atoms with E-state index in [1.54, 1.807) is 18.2 Å². The van der Waals surface area contributed by atoms with Gasteiger partial charge in [-0.25, -0.2) is 34.3 Å². The highest BCUT2D eigenvalue weighted by atomic mass is 16.6. The molecule has 0 radical (unpaired) electrons. The molecule has 4 heterocycles. The maximum absolute atomic E-state index is 14.0. The predicted octanol–water partition coefficient (Wildman–Crippen LogP) is 9.01. The average Bonchev–Trinajstić information content (AvgIpc) is 4.11. The molecule has 8 rings (SSSR count). The van der Waals surface area contributed by atoms with Gasteiger partial charge in [-0.1, -0.05) is 134 Å². The number of methoxy groups -OCH3 is 2. The van der Waals surface area contributed by atoms with Gasteiger partial charge < -0.3 is 44.5 Å². The van der Waals surface area contributed by atoms with Crippen molar-refractivity contribution in [1.29, 1.82) is 0 Å². The van der Waals surface area contributed by atoms with Crippen molar-refractivity contribution >= 4 is 64.1 Å². The van der Waals surface area contributed by atoms with Gasteiger partial charge >= 0.3 is 18.0 Å². The Balaban J connectivity index is 0.000000232. The van der Waals surface area contributed by atoms with Crippen molar-refractivity contribution < 1.29 is 47.7 Å². The summed E-state index contributed by atoms with van der Waals surface area (Å²) in [6.07, 6.45) is 4.21. The molecule has 0 spiro atoms. The second kappa shape index (κ2) is 25.3. The summed E-state index contributed by atoms with van der Waals surface area (Å²) >= 11 is 0. The van der Waals surface area contributed by atoms with Crippen molar-refractivity contribution in [1.82, 2.24) is 35.1 Å². The third-order valence-electron chi connectivity index (χ3n) is 13.6. The van der Waals surface area contributed by atoms with Crippen molar-refractivity contribution in [2.45, 2.75) is 97.2 Å². The number of carbonyl (C=O) groups is 5. The molecule has 414 valence electrons. The number of amides is 3. The molecular weight excluding hydrogens is 1000 g/mol. The SMILES string of the molecule is C=CCCOC(=O)N[C@H](C(=O)N1C[C@H](Oc2nc3ccccc3nc2-c2cccc(C=C)c2)C[C@H]1C(=O)OC)C(C)(C)C.C=Cc1cccc(-c2nc3ccccc3nc2O[C@@H]2C[C@@H](C(=O)OC)N(C(=O)[C@@H](N)C(C)(C)C)C2)c1. The van der Waals surface area contributed by atoms with Crippen LogP contribution in [0.3, 0.4) is 0 Å². The lowest BCUT2D eigenvalue weighted by Crippen LogP contribution is -2.57. The fourth-order valence-corrected chi connectivity index (χ4v) is 9.18. The fourth-order valence-electron chi connectivity index (χ4n) is 9.18. The number of carbonyl (C=O) groups excluding carboxylic acids is 5. The standard InChI is InChI=1S/C33H38N4O6.C28H32N4O4/c1-7-9-17-42-32(40)36-28(33(3,4)5)30(38)37-20-23(19-26(37)31(39)41-6)43-29-27(22-14-12-13-21(8-2)18-22)34-24-15-10-11-16-25(24)35-29;1-6-17-10-9-11-18(14-17)23-25(31-21-13-8-7-12-20(21)30-23)36-19-15-22(27(34)35-5)32(16-19)26(33)24(29)28(2,3)4/h7-8,10-16,18,23,26,28H,1-2,9,17,19-20H2,3-6H3,(H,36,40);6-14,19,22,24H,1,15-16,29H2,2-5H3/t23-,26+,28-;19-,22+,24-/m11/s1. The average molecular weight is 1080 g/mol. The molecule has 2 aliphatic heterocycles. The van der Waals surface area contributed by atoms with Crippen molar-refractivity contribution in [3.63, 3.8) is 0 Å². The number of para-hydroxylation sites is 4. The van der Waals surface area contributed by atoms with Crippen LogP contribution in [0.1, 0.15) is 71.9 Å². The van der Waals surface area contributed by atoms with Crippen molar-refractivity contribution in [2.75, 3.05) is 33.9 Å². The highest BCUT2D eigenvalue weighted by molar-refractivity contribution is 5.91. The number of benzene rings is 4. The Kier molecular flexibility index (Phi) is 18.6. The number of hydrogen-bond donors (Lipinski definition) is 2. The van der Waals surface area contributed by atoms with Gasteiger partial charge in [-0.2, -0.15) is 0 Å². The Labute approximate surface area is 461 Å². The predicted molar refractivity (Wildman–Crippen MR) is 303 cm³/mol. The summed E-state index contributed by atoms with van der Waals surface area (Å²) in [7, 11) is 2.58. The third-order valence-corrected chi connectivity index (χ3v) is 13.6. The second-order valence-corrected chi connectivity index (χ2v) is 21.4. The third kappa shape index (κ3) is 14.0. The normalized spacial score (nSPS) is 17.8. The highest BCUT2D eigenvalue weighted by Gasteiger charge is 2.48. The number of fused-ring (bicyclic) bond motifs is 2. The van der Waals surface area contributed by atoms with E-state index in [0.717, 1.165) is 27.8 Å². The molecule has 2 saturated heterocycles. The Morgan fingerprint density at radius 1 is 0.633 bits per heavy atom. The van der Waals surface area contributed by atoms with Gasteiger partial charge in [0.2, 0.25) is 23.6 Å². The first-order valence-corrected chi connectivity index (χ1v) is 26.1. The van der Waals surface area contributed by atoms with E-state index in [-0.39, 0.29) is 44.3 Å². The number of nitrogens with one attached hydrogen (secondary N) is 1. The number of nitrogens with two attached hydrogens (primary N) is 1. The van der Waals surface area contributed by atoms with E-state index in [1.165, 1.54) is 24.0 Å². The summed E-state index contributed by atoms with van der Waals surface area (Å²) in [4.78, 5) is 87.3. The van der Waals surface area contributed by atoms with Gasteiger partial charge in [0.15, 0.2) is 0 Å². The summed E-state index contributed by atoms with van der Waals surface area (Å²) in [5, 5.41) is 2.69. The van der Waals surface area contributed by atoms with Gasteiger partial charge in [-0.05, 0) is 64.8 Å². The van der Waals surface area contributed by atoms with Crippen LogP contribution in [0.15, 0.2) is 123 Å².